The summed E-state index contributed by atoms with van der Waals surface area (Å²) >= 11 is 0. The summed E-state index contributed by atoms with van der Waals surface area (Å²) in [6.45, 7) is 1.82. The molecule has 1 aromatic heterocycles. The predicted octanol–water partition coefficient (Wildman–Crippen LogP) is 4.30. The summed E-state index contributed by atoms with van der Waals surface area (Å²) in [4.78, 5) is 53.6. The lowest BCUT2D eigenvalue weighted by atomic mass is 10.0. The van der Waals surface area contributed by atoms with Gasteiger partial charge in [0.25, 0.3) is 11.5 Å². The Morgan fingerprint density at radius 2 is 1.62 bits per heavy atom. The Labute approximate surface area is 225 Å². The number of halogens is 3. The van der Waals surface area contributed by atoms with Crippen LogP contribution in [-0.4, -0.2) is 34.9 Å². The number of aromatic amines is 1. The van der Waals surface area contributed by atoms with Crippen molar-refractivity contribution in [1.82, 2.24) is 14.9 Å². The average molecular weight is 556 g/mol. The fraction of sp³-hybridized carbons (Fsp3) is 0.214. The van der Waals surface area contributed by atoms with Crippen molar-refractivity contribution < 1.29 is 32.2 Å². The van der Waals surface area contributed by atoms with E-state index in [1.807, 2.05) is 0 Å². The van der Waals surface area contributed by atoms with Crippen LogP contribution in [0.25, 0.3) is 10.9 Å². The molecule has 0 fully saturated rings. The van der Waals surface area contributed by atoms with E-state index in [-0.39, 0.29) is 28.8 Å². The Morgan fingerprint density at radius 1 is 0.975 bits per heavy atom. The molecule has 2 N–H and O–H groups in total. The second-order valence-electron chi connectivity index (χ2n) is 8.78. The largest absolute Gasteiger partial charge is 0.573 e. The molecule has 0 radical (unpaired) electrons. The quantitative estimate of drug-likeness (QED) is 0.313. The van der Waals surface area contributed by atoms with Crippen LogP contribution in [0.2, 0.25) is 0 Å². The Hall–Kier alpha value is -4.87. The van der Waals surface area contributed by atoms with Crippen molar-refractivity contribution in [2.75, 3.05) is 7.11 Å². The van der Waals surface area contributed by atoms with Gasteiger partial charge in [-0.3, -0.25) is 14.2 Å². The number of methoxy groups -OCH3 is 1. The van der Waals surface area contributed by atoms with E-state index in [1.165, 1.54) is 37.4 Å². The molecular formula is C28H24F3N3O6. The van der Waals surface area contributed by atoms with E-state index < -0.39 is 35.5 Å². The third-order valence-electron chi connectivity index (χ3n) is 6.22. The van der Waals surface area contributed by atoms with Gasteiger partial charge >= 0.3 is 18.0 Å². The Bertz CT molecular complexity index is 1660. The highest BCUT2D eigenvalue weighted by atomic mass is 19.4. The second-order valence-corrected chi connectivity index (χ2v) is 8.78. The van der Waals surface area contributed by atoms with Crippen LogP contribution in [0, 0.1) is 0 Å². The molecule has 0 saturated heterocycles. The molecule has 4 rings (SSSR count). The molecule has 0 aliphatic rings. The van der Waals surface area contributed by atoms with Gasteiger partial charge in [-0.25, -0.2) is 9.59 Å². The van der Waals surface area contributed by atoms with Gasteiger partial charge in [0.15, 0.2) is 0 Å². The number of hydrogen-bond acceptors (Lipinski definition) is 6. The number of carbonyl (C=O) groups is 2. The number of ether oxygens (including phenoxy) is 2. The van der Waals surface area contributed by atoms with Gasteiger partial charge in [-0.05, 0) is 60.0 Å². The van der Waals surface area contributed by atoms with Gasteiger partial charge in [0.05, 0.1) is 29.6 Å². The molecule has 0 aliphatic carbocycles. The minimum Gasteiger partial charge on any atom is -0.465 e. The third-order valence-corrected chi connectivity index (χ3v) is 6.22. The predicted molar refractivity (Wildman–Crippen MR) is 139 cm³/mol. The van der Waals surface area contributed by atoms with Crippen molar-refractivity contribution in [2.24, 2.45) is 0 Å². The van der Waals surface area contributed by atoms with Crippen LogP contribution < -0.4 is 21.3 Å². The van der Waals surface area contributed by atoms with Crippen molar-refractivity contribution in [2.45, 2.75) is 32.3 Å². The summed E-state index contributed by atoms with van der Waals surface area (Å²) < 4.78 is 46.6. The van der Waals surface area contributed by atoms with Gasteiger partial charge in [-0.15, -0.1) is 13.2 Å². The van der Waals surface area contributed by atoms with E-state index in [1.54, 1.807) is 31.2 Å². The smallest absolute Gasteiger partial charge is 0.465 e. The molecule has 9 nitrogen and oxygen atoms in total. The van der Waals surface area contributed by atoms with Crippen LogP contribution in [0.15, 0.2) is 76.3 Å². The normalized spacial score (nSPS) is 12.1. The summed E-state index contributed by atoms with van der Waals surface area (Å²) in [7, 11) is 1.27. The zero-order valence-corrected chi connectivity index (χ0v) is 21.4. The topological polar surface area (TPSA) is 119 Å². The molecule has 1 atom stereocenters. The third kappa shape index (κ3) is 6.22. The van der Waals surface area contributed by atoms with Crippen molar-refractivity contribution in [1.29, 1.82) is 0 Å². The molecule has 208 valence electrons. The van der Waals surface area contributed by atoms with Crippen LogP contribution in [-0.2, 0) is 11.3 Å². The van der Waals surface area contributed by atoms with Crippen molar-refractivity contribution in [3.05, 3.63) is 110 Å². The van der Waals surface area contributed by atoms with Crippen LogP contribution in [0.3, 0.4) is 0 Å². The fourth-order valence-electron chi connectivity index (χ4n) is 4.27. The molecule has 1 heterocycles. The van der Waals surface area contributed by atoms with Gasteiger partial charge < -0.3 is 19.8 Å². The molecule has 0 aliphatic heterocycles. The zero-order chi connectivity index (χ0) is 29.0. The zero-order valence-electron chi connectivity index (χ0n) is 21.4. The summed E-state index contributed by atoms with van der Waals surface area (Å²) in [6, 6.07) is 15.0. The number of hydrogen-bond donors (Lipinski definition) is 2. The van der Waals surface area contributed by atoms with Gasteiger partial charge in [-0.2, -0.15) is 0 Å². The SMILES string of the molecule is CCC(c1ccc(C(=O)OC)cc1)n1c(=O)[nH]c2ccc(C(=O)NCc3ccc(OC(F)(F)F)cc3)cc2c1=O. The number of carbonyl (C=O) groups excluding carboxylic acids is 2. The number of esters is 1. The van der Waals surface area contributed by atoms with Crippen molar-refractivity contribution in [3.63, 3.8) is 0 Å². The molecule has 1 amide bonds. The molecule has 0 bridgehead atoms. The minimum atomic E-state index is -4.80. The lowest BCUT2D eigenvalue weighted by Crippen LogP contribution is -2.38. The van der Waals surface area contributed by atoms with Crippen LogP contribution >= 0.6 is 0 Å². The Kier molecular flexibility index (Phi) is 8.08. The number of nitrogens with one attached hydrogen (secondary N) is 2. The van der Waals surface area contributed by atoms with Crippen LogP contribution in [0.5, 0.6) is 5.75 Å². The number of rotatable bonds is 8. The number of nitrogens with zero attached hydrogens (tertiary/aromatic N) is 1. The summed E-state index contributed by atoms with van der Waals surface area (Å²) in [5, 5.41) is 2.77. The highest BCUT2D eigenvalue weighted by Crippen LogP contribution is 2.23. The minimum absolute atomic E-state index is 0.0124. The number of alkyl halides is 3. The lowest BCUT2D eigenvalue weighted by Gasteiger charge is -2.18. The van der Waals surface area contributed by atoms with Crippen LogP contribution in [0.4, 0.5) is 13.2 Å². The van der Waals surface area contributed by atoms with E-state index in [0.29, 0.717) is 23.1 Å². The molecule has 40 heavy (non-hydrogen) atoms. The Balaban J connectivity index is 1.58. The second kappa shape index (κ2) is 11.5. The molecule has 1 unspecified atom stereocenters. The van der Waals surface area contributed by atoms with E-state index in [2.05, 4.69) is 15.0 Å². The summed E-state index contributed by atoms with van der Waals surface area (Å²) in [5.41, 5.74) is 0.646. The first-order chi connectivity index (χ1) is 19.0. The van der Waals surface area contributed by atoms with Gasteiger partial charge in [0.2, 0.25) is 0 Å². The first-order valence-corrected chi connectivity index (χ1v) is 12.1. The highest BCUT2D eigenvalue weighted by Gasteiger charge is 2.31. The molecule has 12 heteroatoms. The monoisotopic (exact) mass is 555 g/mol. The van der Waals surface area contributed by atoms with Gasteiger partial charge in [-0.1, -0.05) is 31.2 Å². The van der Waals surface area contributed by atoms with Crippen molar-refractivity contribution >= 4 is 22.8 Å². The number of aromatic nitrogens is 2. The molecule has 4 aromatic rings. The first kappa shape index (κ1) is 28.1. The number of benzene rings is 3. The highest BCUT2D eigenvalue weighted by molar-refractivity contribution is 5.97. The maximum Gasteiger partial charge on any atom is 0.573 e. The van der Waals surface area contributed by atoms with E-state index in [9.17, 15) is 32.3 Å². The maximum atomic E-state index is 13.5. The summed E-state index contributed by atoms with van der Waals surface area (Å²) in [6.07, 6.45) is -4.42. The maximum absolute atomic E-state index is 13.5. The standard InChI is InChI=1S/C28H24F3N3O6/c1-3-23(17-6-8-18(9-7-17)26(37)39-2)34-25(36)21-14-19(10-13-22(21)33-27(34)38)24(35)32-15-16-4-11-20(12-5-16)40-28(29,30)31/h4-14,23H,3,15H2,1-2H3,(H,32,35)(H,33,38). The van der Waals surface area contributed by atoms with Crippen molar-refractivity contribution in [3.8, 4) is 5.75 Å². The number of amides is 1. The Morgan fingerprint density at radius 3 is 2.23 bits per heavy atom. The molecule has 0 saturated carbocycles. The first-order valence-electron chi connectivity index (χ1n) is 12.1. The van der Waals surface area contributed by atoms with E-state index in [0.717, 1.165) is 16.7 Å². The van der Waals surface area contributed by atoms with Gasteiger partial charge in [0, 0.05) is 12.1 Å². The molecular weight excluding hydrogens is 531 g/mol. The average Bonchev–Trinajstić information content (AvgIpc) is 2.93. The molecule has 0 spiro atoms. The fourth-order valence-corrected chi connectivity index (χ4v) is 4.27. The van der Waals surface area contributed by atoms with E-state index >= 15 is 0 Å². The van der Waals surface area contributed by atoms with Gasteiger partial charge in [0.1, 0.15) is 5.75 Å². The van der Waals surface area contributed by atoms with E-state index in [4.69, 9.17) is 4.74 Å². The summed E-state index contributed by atoms with van der Waals surface area (Å²) in [5.74, 6) is -1.43. The number of fused-ring (bicyclic) bond motifs is 1. The van der Waals surface area contributed by atoms with Crippen LogP contribution in [0.1, 0.15) is 51.2 Å². The lowest BCUT2D eigenvalue weighted by molar-refractivity contribution is -0.274. The number of H-pyrrole nitrogens is 1. The molecule has 3 aromatic carbocycles.